The molecule has 0 aliphatic carbocycles. The van der Waals surface area contributed by atoms with Crippen molar-refractivity contribution in [3.63, 3.8) is 0 Å². The molecular formula is C12H23NO3. The maximum Gasteiger partial charge on any atom is 0.308 e. The van der Waals surface area contributed by atoms with Gasteiger partial charge in [-0.25, -0.2) is 0 Å². The number of nitrogens with zero attached hydrogens (tertiary/aromatic N) is 1. The lowest BCUT2D eigenvalue weighted by Gasteiger charge is -2.24. The van der Waals surface area contributed by atoms with Gasteiger partial charge in [0.05, 0.1) is 5.92 Å². The smallest absolute Gasteiger partial charge is 0.308 e. The second-order valence-electron chi connectivity index (χ2n) is 4.18. The monoisotopic (exact) mass is 229 g/mol. The molecule has 1 amide bonds. The van der Waals surface area contributed by atoms with E-state index in [1.54, 1.807) is 11.8 Å². The number of unbranched alkanes of at least 4 members (excludes halogenated alkanes) is 1. The normalized spacial score (nSPS) is 12.2. The van der Waals surface area contributed by atoms with Crippen LogP contribution in [0.1, 0.15) is 46.5 Å². The molecule has 1 atom stereocenters. The second-order valence-corrected chi connectivity index (χ2v) is 4.18. The van der Waals surface area contributed by atoms with Gasteiger partial charge in [0.2, 0.25) is 5.91 Å². The molecule has 0 aromatic rings. The molecule has 1 N–H and O–H groups in total. The second kappa shape index (κ2) is 8.13. The van der Waals surface area contributed by atoms with Gasteiger partial charge in [0.15, 0.2) is 0 Å². The molecule has 0 aliphatic rings. The van der Waals surface area contributed by atoms with Crippen LogP contribution in [0.3, 0.4) is 0 Å². The van der Waals surface area contributed by atoms with Gasteiger partial charge >= 0.3 is 5.97 Å². The Balaban J connectivity index is 4.29. The Hall–Kier alpha value is -1.06. The summed E-state index contributed by atoms with van der Waals surface area (Å²) in [7, 11) is 0. The highest BCUT2D eigenvalue weighted by Gasteiger charge is 2.19. The van der Waals surface area contributed by atoms with Crippen molar-refractivity contribution in [1.82, 2.24) is 4.90 Å². The highest BCUT2D eigenvalue weighted by atomic mass is 16.4. The number of aliphatic carboxylic acids is 1. The fourth-order valence-electron chi connectivity index (χ4n) is 1.45. The number of carbonyl (C=O) groups excluding carboxylic acids is 1. The van der Waals surface area contributed by atoms with E-state index in [2.05, 4.69) is 6.92 Å². The molecule has 0 saturated heterocycles. The average Bonchev–Trinajstić information content (AvgIpc) is 2.23. The summed E-state index contributed by atoms with van der Waals surface area (Å²) < 4.78 is 0. The Bertz CT molecular complexity index is 228. The van der Waals surface area contributed by atoms with Crippen molar-refractivity contribution in [3.8, 4) is 0 Å². The summed E-state index contributed by atoms with van der Waals surface area (Å²) in [6.45, 7) is 6.65. The highest BCUT2D eigenvalue weighted by Crippen LogP contribution is 2.06. The van der Waals surface area contributed by atoms with E-state index in [-0.39, 0.29) is 5.91 Å². The molecule has 0 aromatic carbocycles. The largest absolute Gasteiger partial charge is 0.481 e. The third-order valence-electron chi connectivity index (χ3n) is 2.51. The molecule has 0 radical (unpaired) electrons. The Labute approximate surface area is 97.6 Å². The van der Waals surface area contributed by atoms with Crippen molar-refractivity contribution in [2.24, 2.45) is 5.92 Å². The summed E-state index contributed by atoms with van der Waals surface area (Å²) in [5.74, 6) is -1.26. The number of hydrogen-bond acceptors (Lipinski definition) is 2. The molecule has 94 valence electrons. The maximum absolute atomic E-state index is 11.7. The number of carboxylic acid groups (broad SMARTS) is 1. The van der Waals surface area contributed by atoms with Crippen molar-refractivity contribution >= 4 is 11.9 Å². The van der Waals surface area contributed by atoms with E-state index in [1.165, 1.54) is 0 Å². The molecule has 0 fully saturated rings. The zero-order valence-electron chi connectivity index (χ0n) is 10.5. The third kappa shape index (κ3) is 5.73. The zero-order chi connectivity index (χ0) is 12.6. The SMILES string of the molecule is CCCCN(CC(C)C(=O)O)C(=O)CCC. The summed E-state index contributed by atoms with van der Waals surface area (Å²) in [4.78, 5) is 24.2. The minimum absolute atomic E-state index is 0.0732. The number of rotatable bonds is 8. The van der Waals surface area contributed by atoms with Crippen molar-refractivity contribution in [3.05, 3.63) is 0 Å². The lowest BCUT2D eigenvalue weighted by atomic mass is 10.1. The van der Waals surface area contributed by atoms with Crippen LogP contribution >= 0.6 is 0 Å². The first-order chi connectivity index (χ1) is 7.52. The van der Waals surface area contributed by atoms with Crippen LogP contribution in [0.5, 0.6) is 0 Å². The quantitative estimate of drug-likeness (QED) is 0.693. The molecule has 0 spiro atoms. The standard InChI is InChI=1S/C12H23NO3/c1-4-6-8-13(11(14)7-5-2)9-10(3)12(15)16/h10H,4-9H2,1-3H3,(H,15,16). The highest BCUT2D eigenvalue weighted by molar-refractivity contribution is 5.77. The van der Waals surface area contributed by atoms with E-state index in [0.29, 0.717) is 19.5 Å². The van der Waals surface area contributed by atoms with Gasteiger partial charge in [-0.1, -0.05) is 27.2 Å². The molecule has 16 heavy (non-hydrogen) atoms. The van der Waals surface area contributed by atoms with Crippen LogP contribution in [-0.4, -0.2) is 35.0 Å². The number of carbonyl (C=O) groups is 2. The van der Waals surface area contributed by atoms with E-state index in [1.807, 2.05) is 6.92 Å². The summed E-state index contributed by atoms with van der Waals surface area (Å²) >= 11 is 0. The first-order valence-corrected chi connectivity index (χ1v) is 6.03. The Morgan fingerprint density at radius 3 is 2.31 bits per heavy atom. The predicted octanol–water partition coefficient (Wildman–Crippen LogP) is 2.14. The lowest BCUT2D eigenvalue weighted by molar-refractivity contribution is -0.143. The van der Waals surface area contributed by atoms with Crippen molar-refractivity contribution in [1.29, 1.82) is 0 Å². The van der Waals surface area contributed by atoms with Gasteiger partial charge < -0.3 is 10.0 Å². The average molecular weight is 229 g/mol. The van der Waals surface area contributed by atoms with E-state index in [0.717, 1.165) is 19.3 Å². The van der Waals surface area contributed by atoms with Crippen LogP contribution in [0.25, 0.3) is 0 Å². The van der Waals surface area contributed by atoms with Crippen LogP contribution < -0.4 is 0 Å². The molecule has 1 unspecified atom stereocenters. The van der Waals surface area contributed by atoms with E-state index in [9.17, 15) is 9.59 Å². The van der Waals surface area contributed by atoms with Crippen LogP contribution in [0.2, 0.25) is 0 Å². The molecule has 4 nitrogen and oxygen atoms in total. The van der Waals surface area contributed by atoms with Gasteiger partial charge in [-0.2, -0.15) is 0 Å². The molecule has 0 rings (SSSR count). The molecular weight excluding hydrogens is 206 g/mol. The van der Waals surface area contributed by atoms with Crippen LogP contribution in [0.4, 0.5) is 0 Å². The van der Waals surface area contributed by atoms with E-state index < -0.39 is 11.9 Å². The van der Waals surface area contributed by atoms with Gasteiger partial charge in [-0.15, -0.1) is 0 Å². The minimum Gasteiger partial charge on any atom is -0.481 e. The first kappa shape index (κ1) is 14.9. The van der Waals surface area contributed by atoms with E-state index >= 15 is 0 Å². The topological polar surface area (TPSA) is 57.6 Å². The van der Waals surface area contributed by atoms with Gasteiger partial charge in [-0.05, 0) is 12.8 Å². The van der Waals surface area contributed by atoms with Crippen LogP contribution in [-0.2, 0) is 9.59 Å². The van der Waals surface area contributed by atoms with Crippen molar-refractivity contribution < 1.29 is 14.7 Å². The summed E-state index contributed by atoms with van der Waals surface area (Å²) in [6.07, 6.45) is 3.26. The van der Waals surface area contributed by atoms with Gasteiger partial charge in [0.1, 0.15) is 0 Å². The number of carboxylic acids is 1. The molecule has 0 heterocycles. The van der Waals surface area contributed by atoms with E-state index in [4.69, 9.17) is 5.11 Å². The Morgan fingerprint density at radius 1 is 1.25 bits per heavy atom. The molecule has 4 heteroatoms. The van der Waals surface area contributed by atoms with Gasteiger partial charge in [0.25, 0.3) is 0 Å². The fraction of sp³-hybridized carbons (Fsp3) is 0.833. The summed E-state index contributed by atoms with van der Waals surface area (Å²) in [5.41, 5.74) is 0. The van der Waals surface area contributed by atoms with Crippen LogP contribution in [0, 0.1) is 5.92 Å². The number of amides is 1. The lowest BCUT2D eigenvalue weighted by Crippen LogP contribution is -2.37. The van der Waals surface area contributed by atoms with Crippen molar-refractivity contribution in [2.75, 3.05) is 13.1 Å². The molecule has 0 aromatic heterocycles. The minimum atomic E-state index is -0.842. The molecule has 0 aliphatic heterocycles. The first-order valence-electron chi connectivity index (χ1n) is 6.03. The molecule has 0 saturated carbocycles. The van der Waals surface area contributed by atoms with Gasteiger partial charge in [-0.3, -0.25) is 9.59 Å². The fourth-order valence-corrected chi connectivity index (χ4v) is 1.45. The summed E-state index contributed by atoms with van der Waals surface area (Å²) in [6, 6.07) is 0. The van der Waals surface area contributed by atoms with Gasteiger partial charge in [0, 0.05) is 19.5 Å². The predicted molar refractivity (Wildman–Crippen MR) is 63.2 cm³/mol. The Kier molecular flexibility index (Phi) is 7.60. The third-order valence-corrected chi connectivity index (χ3v) is 2.51. The number of hydrogen-bond donors (Lipinski definition) is 1. The summed E-state index contributed by atoms with van der Waals surface area (Å²) in [5, 5.41) is 8.83. The maximum atomic E-state index is 11.7. The van der Waals surface area contributed by atoms with Crippen molar-refractivity contribution in [2.45, 2.75) is 46.5 Å². The van der Waals surface area contributed by atoms with Crippen LogP contribution in [0.15, 0.2) is 0 Å². The molecule has 0 bridgehead atoms. The zero-order valence-corrected chi connectivity index (χ0v) is 10.5. The Morgan fingerprint density at radius 2 is 1.88 bits per heavy atom.